The molecule has 3 aromatic rings. The summed E-state index contributed by atoms with van der Waals surface area (Å²) in [4.78, 5) is 0.265. The number of aryl methyl sites for hydroxylation is 3. The maximum Gasteiger partial charge on any atom is 0.261 e. The highest BCUT2D eigenvalue weighted by Crippen LogP contribution is 2.50. The van der Waals surface area contributed by atoms with Gasteiger partial charge in [-0.3, -0.25) is 4.72 Å². The number of allylic oxidation sites excluding steroid dienone is 2. The second kappa shape index (κ2) is 8.23. The quantitative estimate of drug-likeness (QED) is 0.401. The van der Waals surface area contributed by atoms with Crippen LogP contribution in [0.1, 0.15) is 46.2 Å². The van der Waals surface area contributed by atoms with Gasteiger partial charge in [0.05, 0.1) is 16.6 Å². The summed E-state index contributed by atoms with van der Waals surface area (Å²) >= 11 is 6.02. The zero-order chi connectivity index (χ0) is 23.3. The zero-order valence-corrected chi connectivity index (χ0v) is 20.5. The first-order chi connectivity index (χ1) is 15.7. The number of hydrogen-bond acceptors (Lipinski definition) is 3. The lowest BCUT2D eigenvalue weighted by Crippen LogP contribution is -2.30. The van der Waals surface area contributed by atoms with Crippen LogP contribution in [0.5, 0.6) is 0 Å². The molecule has 0 amide bonds. The molecule has 0 aromatic heterocycles. The number of halogens is 1. The van der Waals surface area contributed by atoms with Crippen molar-refractivity contribution in [3.05, 3.63) is 99.6 Å². The molecule has 2 N–H and O–H groups in total. The fraction of sp³-hybridized carbons (Fsp3) is 0.259. The molecule has 1 aliphatic carbocycles. The molecule has 3 aromatic carbocycles. The van der Waals surface area contributed by atoms with Crippen LogP contribution in [-0.4, -0.2) is 8.42 Å². The van der Waals surface area contributed by atoms with Crippen LogP contribution in [0.25, 0.3) is 0 Å². The first kappa shape index (κ1) is 22.1. The van der Waals surface area contributed by atoms with Crippen molar-refractivity contribution in [2.75, 3.05) is 10.0 Å². The van der Waals surface area contributed by atoms with Gasteiger partial charge in [0, 0.05) is 16.6 Å². The van der Waals surface area contributed by atoms with Gasteiger partial charge in [0.1, 0.15) is 0 Å². The van der Waals surface area contributed by atoms with E-state index in [4.69, 9.17) is 11.6 Å². The summed E-state index contributed by atoms with van der Waals surface area (Å²) in [7, 11) is -3.73. The van der Waals surface area contributed by atoms with Gasteiger partial charge in [-0.05, 0) is 91.8 Å². The molecule has 0 saturated heterocycles. The molecule has 5 rings (SSSR count). The molecular formula is C27H27ClN2O2S. The number of fused-ring (bicyclic) bond motifs is 3. The van der Waals surface area contributed by atoms with Crippen LogP contribution in [0.15, 0.2) is 71.6 Å². The van der Waals surface area contributed by atoms with E-state index in [0.29, 0.717) is 16.6 Å². The molecule has 0 radical (unpaired) electrons. The largest absolute Gasteiger partial charge is 0.378 e. The molecular weight excluding hydrogens is 452 g/mol. The lowest BCUT2D eigenvalue weighted by atomic mass is 9.76. The van der Waals surface area contributed by atoms with Crippen molar-refractivity contribution < 1.29 is 8.42 Å². The van der Waals surface area contributed by atoms with Crippen molar-refractivity contribution in [3.63, 3.8) is 0 Å². The maximum atomic E-state index is 13.2. The average Bonchev–Trinajstić information content (AvgIpc) is 3.27. The van der Waals surface area contributed by atoms with E-state index < -0.39 is 10.0 Å². The Labute approximate surface area is 200 Å². The van der Waals surface area contributed by atoms with Gasteiger partial charge in [-0.1, -0.05) is 47.5 Å². The predicted molar refractivity (Wildman–Crippen MR) is 136 cm³/mol. The Hall–Kier alpha value is -2.76. The van der Waals surface area contributed by atoms with E-state index in [2.05, 4.69) is 54.2 Å². The number of sulfonamides is 1. The van der Waals surface area contributed by atoms with Gasteiger partial charge in [0.15, 0.2) is 0 Å². The van der Waals surface area contributed by atoms with Crippen LogP contribution in [0.3, 0.4) is 0 Å². The van der Waals surface area contributed by atoms with E-state index in [9.17, 15) is 8.42 Å². The molecule has 1 heterocycles. The van der Waals surface area contributed by atoms with Crippen molar-refractivity contribution >= 4 is 33.0 Å². The monoisotopic (exact) mass is 478 g/mol. The molecule has 2 aliphatic rings. The van der Waals surface area contributed by atoms with Crippen LogP contribution in [0.2, 0.25) is 5.02 Å². The molecule has 0 saturated carbocycles. The third-order valence-corrected chi connectivity index (χ3v) is 8.45. The number of hydrogen-bond donors (Lipinski definition) is 2. The second-order valence-corrected chi connectivity index (χ2v) is 11.3. The maximum absolute atomic E-state index is 13.2. The lowest BCUT2D eigenvalue weighted by molar-refractivity contribution is 0.424. The third-order valence-electron chi connectivity index (χ3n) is 6.85. The normalized spacial score (nSPS) is 21.3. The minimum atomic E-state index is -3.73. The molecule has 170 valence electrons. The highest BCUT2D eigenvalue weighted by atomic mass is 35.5. The molecule has 33 heavy (non-hydrogen) atoms. The van der Waals surface area contributed by atoms with Gasteiger partial charge in [-0.25, -0.2) is 8.42 Å². The molecule has 0 bridgehead atoms. The summed E-state index contributed by atoms with van der Waals surface area (Å²) in [6, 6.07) is 17.3. The van der Waals surface area contributed by atoms with Crippen LogP contribution in [0, 0.1) is 26.7 Å². The Bertz CT molecular complexity index is 1380. The van der Waals surface area contributed by atoms with Crippen molar-refractivity contribution in [1.82, 2.24) is 0 Å². The fourth-order valence-electron chi connectivity index (χ4n) is 5.09. The van der Waals surface area contributed by atoms with E-state index in [0.717, 1.165) is 23.2 Å². The van der Waals surface area contributed by atoms with Crippen LogP contribution >= 0.6 is 11.6 Å². The van der Waals surface area contributed by atoms with Crippen LogP contribution < -0.4 is 10.0 Å². The van der Waals surface area contributed by atoms with Crippen molar-refractivity contribution in [2.24, 2.45) is 5.92 Å². The van der Waals surface area contributed by atoms with Crippen molar-refractivity contribution in [1.29, 1.82) is 0 Å². The Kier molecular flexibility index (Phi) is 5.50. The topological polar surface area (TPSA) is 58.2 Å². The van der Waals surface area contributed by atoms with Crippen LogP contribution in [-0.2, 0) is 10.0 Å². The standard InChI is InChI=1S/C27H27ClN2O2S/c1-16-7-8-17(2)23(13-16)27-22-6-4-5-21(22)24-15-20(10-12-26(24)29-27)33(31,32)30-25-11-9-19(28)14-18(25)3/h4-5,7-15,21-22,27,29-30H,6H2,1-3H3/t21-,22+,27-/m0/s1. The van der Waals surface area contributed by atoms with Gasteiger partial charge in [-0.2, -0.15) is 0 Å². The molecule has 0 spiro atoms. The summed E-state index contributed by atoms with van der Waals surface area (Å²) in [5.41, 5.74) is 7.17. The molecule has 1 aliphatic heterocycles. The summed E-state index contributed by atoms with van der Waals surface area (Å²) in [6.07, 6.45) is 5.42. The first-order valence-electron chi connectivity index (χ1n) is 11.2. The van der Waals surface area contributed by atoms with Gasteiger partial charge < -0.3 is 5.32 Å². The van der Waals surface area contributed by atoms with Gasteiger partial charge >= 0.3 is 0 Å². The van der Waals surface area contributed by atoms with E-state index in [1.54, 1.807) is 24.3 Å². The van der Waals surface area contributed by atoms with Crippen LogP contribution in [0.4, 0.5) is 11.4 Å². The summed E-state index contributed by atoms with van der Waals surface area (Å²) < 4.78 is 29.1. The Morgan fingerprint density at radius 1 is 0.939 bits per heavy atom. The summed E-state index contributed by atoms with van der Waals surface area (Å²) in [5.74, 6) is 0.529. The van der Waals surface area contributed by atoms with Gasteiger partial charge in [-0.15, -0.1) is 0 Å². The Morgan fingerprint density at radius 3 is 2.55 bits per heavy atom. The molecule has 0 fully saturated rings. The van der Waals surface area contributed by atoms with Gasteiger partial charge in [0.25, 0.3) is 10.0 Å². The lowest BCUT2D eigenvalue weighted by Gasteiger charge is -2.38. The molecule has 6 heteroatoms. The predicted octanol–water partition coefficient (Wildman–Crippen LogP) is 6.89. The molecule has 4 nitrogen and oxygen atoms in total. The molecule has 0 unspecified atom stereocenters. The van der Waals surface area contributed by atoms with E-state index in [1.807, 2.05) is 19.1 Å². The van der Waals surface area contributed by atoms with Crippen molar-refractivity contribution in [3.8, 4) is 0 Å². The Morgan fingerprint density at radius 2 is 1.76 bits per heavy atom. The average molecular weight is 479 g/mol. The fourth-order valence-corrected chi connectivity index (χ4v) is 6.48. The zero-order valence-electron chi connectivity index (χ0n) is 18.9. The third kappa shape index (κ3) is 4.04. The minimum absolute atomic E-state index is 0.179. The van der Waals surface area contributed by atoms with E-state index >= 15 is 0 Å². The number of anilines is 2. The highest BCUT2D eigenvalue weighted by Gasteiger charge is 2.39. The second-order valence-electron chi connectivity index (χ2n) is 9.15. The Balaban J connectivity index is 1.51. The van der Waals surface area contributed by atoms with E-state index in [-0.39, 0.29) is 16.9 Å². The van der Waals surface area contributed by atoms with E-state index in [1.165, 1.54) is 16.7 Å². The highest BCUT2D eigenvalue weighted by molar-refractivity contribution is 7.92. The van der Waals surface area contributed by atoms with Gasteiger partial charge in [0.2, 0.25) is 0 Å². The SMILES string of the molecule is Cc1ccc(C)c([C@H]2Nc3ccc(S(=O)(=O)Nc4ccc(Cl)cc4C)cc3[C@H]3C=CC[C@H]32)c1. The minimum Gasteiger partial charge on any atom is -0.378 e. The van der Waals surface area contributed by atoms with Crippen molar-refractivity contribution in [2.45, 2.75) is 44.0 Å². The smallest absolute Gasteiger partial charge is 0.261 e. The summed E-state index contributed by atoms with van der Waals surface area (Å²) in [6.45, 7) is 6.11. The first-order valence-corrected chi connectivity index (χ1v) is 13.0. The number of nitrogens with one attached hydrogen (secondary N) is 2. The summed E-state index contributed by atoms with van der Waals surface area (Å²) in [5, 5.41) is 4.30. The number of benzene rings is 3. The number of rotatable bonds is 4. The molecule has 3 atom stereocenters.